The molecule has 2 amide bonds. The Labute approximate surface area is 184 Å². The third kappa shape index (κ3) is 5.53. The van der Waals surface area contributed by atoms with Crippen molar-refractivity contribution >= 4 is 28.3 Å². The van der Waals surface area contributed by atoms with E-state index in [-0.39, 0.29) is 17.9 Å². The number of anilines is 1. The summed E-state index contributed by atoms with van der Waals surface area (Å²) in [6, 6.07) is 16.1. The maximum Gasteiger partial charge on any atom is 0.260 e. The highest BCUT2D eigenvalue weighted by Gasteiger charge is 2.22. The number of hydrogen-bond donors (Lipinski definition) is 1. The lowest BCUT2D eigenvalue weighted by atomic mass is 10.2. The molecule has 0 saturated carbocycles. The first-order chi connectivity index (χ1) is 15.1. The Hall–Kier alpha value is -3.10. The average molecular weight is 439 g/mol. The van der Waals surface area contributed by atoms with Gasteiger partial charge in [-0.25, -0.2) is 9.37 Å². The third-order valence-electron chi connectivity index (χ3n) is 5.20. The molecule has 8 heteroatoms. The number of hydrogen-bond acceptors (Lipinski definition) is 5. The summed E-state index contributed by atoms with van der Waals surface area (Å²) in [5, 5.41) is 4.70. The fourth-order valence-electron chi connectivity index (χ4n) is 3.52. The summed E-state index contributed by atoms with van der Waals surface area (Å²) in [4.78, 5) is 33.4. The van der Waals surface area contributed by atoms with E-state index >= 15 is 0 Å². The highest BCUT2D eigenvalue weighted by Crippen LogP contribution is 2.19. The Morgan fingerprint density at radius 1 is 1.00 bits per heavy atom. The van der Waals surface area contributed by atoms with Crippen molar-refractivity contribution in [1.82, 2.24) is 14.8 Å². The minimum atomic E-state index is -0.585. The average Bonchev–Trinajstić information content (AvgIpc) is 3.21. The van der Waals surface area contributed by atoms with E-state index in [1.165, 1.54) is 35.1 Å². The lowest BCUT2D eigenvalue weighted by molar-refractivity contribution is -0.132. The van der Waals surface area contributed by atoms with Gasteiger partial charge in [-0.2, -0.15) is 0 Å². The summed E-state index contributed by atoms with van der Waals surface area (Å²) in [6.07, 6.45) is 0.185. The first-order valence-electron chi connectivity index (χ1n) is 10.1. The Balaban J connectivity index is 1.26. The van der Waals surface area contributed by atoms with Crippen molar-refractivity contribution in [2.75, 3.05) is 31.5 Å². The van der Waals surface area contributed by atoms with Gasteiger partial charge in [-0.15, -0.1) is 11.3 Å². The zero-order valence-electron chi connectivity index (χ0n) is 17.0. The number of piperazine rings is 1. The van der Waals surface area contributed by atoms with Gasteiger partial charge < -0.3 is 4.90 Å². The molecule has 1 fully saturated rings. The van der Waals surface area contributed by atoms with Crippen molar-refractivity contribution in [3.63, 3.8) is 0 Å². The molecule has 160 valence electrons. The molecule has 6 nitrogen and oxygen atoms in total. The van der Waals surface area contributed by atoms with E-state index in [1.807, 2.05) is 23.1 Å². The van der Waals surface area contributed by atoms with Gasteiger partial charge in [0.15, 0.2) is 5.13 Å². The number of aromatic nitrogens is 1. The minimum absolute atomic E-state index is 0.0247. The van der Waals surface area contributed by atoms with E-state index in [9.17, 15) is 14.0 Å². The molecular formula is C23H23FN4O2S. The van der Waals surface area contributed by atoms with Crippen molar-refractivity contribution in [3.8, 4) is 0 Å². The normalized spacial score (nSPS) is 14.4. The molecule has 0 bridgehead atoms. The van der Waals surface area contributed by atoms with Crippen LogP contribution in [-0.2, 0) is 17.8 Å². The smallest absolute Gasteiger partial charge is 0.260 e. The zero-order valence-corrected chi connectivity index (χ0v) is 17.8. The molecule has 1 aromatic heterocycles. The van der Waals surface area contributed by atoms with E-state index in [4.69, 9.17) is 0 Å². The predicted molar refractivity (Wildman–Crippen MR) is 118 cm³/mol. The summed E-state index contributed by atoms with van der Waals surface area (Å²) in [5.41, 5.74) is 1.84. The highest BCUT2D eigenvalue weighted by atomic mass is 32.1. The van der Waals surface area contributed by atoms with Gasteiger partial charge in [0.1, 0.15) is 5.82 Å². The summed E-state index contributed by atoms with van der Waals surface area (Å²) in [5.74, 6) is -1.12. The Morgan fingerprint density at radius 2 is 1.71 bits per heavy atom. The van der Waals surface area contributed by atoms with E-state index in [0.717, 1.165) is 19.6 Å². The number of nitrogens with one attached hydrogen (secondary N) is 1. The fourth-order valence-corrected chi connectivity index (χ4v) is 4.22. The van der Waals surface area contributed by atoms with Crippen LogP contribution in [-0.4, -0.2) is 52.8 Å². The van der Waals surface area contributed by atoms with Crippen LogP contribution >= 0.6 is 11.3 Å². The number of carbonyl (C=O) groups is 2. The van der Waals surface area contributed by atoms with E-state index in [2.05, 4.69) is 27.3 Å². The predicted octanol–water partition coefficient (Wildman–Crippen LogP) is 3.42. The Bertz CT molecular complexity index is 1050. The van der Waals surface area contributed by atoms with Gasteiger partial charge in [0, 0.05) is 38.1 Å². The first-order valence-corrected chi connectivity index (χ1v) is 11.0. The van der Waals surface area contributed by atoms with E-state index in [0.29, 0.717) is 23.9 Å². The number of thiazole rings is 1. The monoisotopic (exact) mass is 438 g/mol. The number of carbonyl (C=O) groups excluding carboxylic acids is 2. The van der Waals surface area contributed by atoms with Crippen LogP contribution in [0.2, 0.25) is 0 Å². The summed E-state index contributed by atoms with van der Waals surface area (Å²) in [6.45, 7) is 3.93. The minimum Gasteiger partial charge on any atom is -0.340 e. The zero-order chi connectivity index (χ0) is 21.6. The van der Waals surface area contributed by atoms with Crippen LogP contribution in [0.25, 0.3) is 0 Å². The van der Waals surface area contributed by atoms with Crippen molar-refractivity contribution in [2.24, 2.45) is 0 Å². The molecule has 4 rings (SSSR count). The van der Waals surface area contributed by atoms with Crippen LogP contribution in [0.4, 0.5) is 9.52 Å². The number of nitrogens with zero attached hydrogens (tertiary/aromatic N) is 3. The van der Waals surface area contributed by atoms with Crippen LogP contribution in [0.15, 0.2) is 60.0 Å². The van der Waals surface area contributed by atoms with Gasteiger partial charge in [0.25, 0.3) is 5.91 Å². The lowest BCUT2D eigenvalue weighted by Gasteiger charge is -2.34. The summed E-state index contributed by atoms with van der Waals surface area (Å²) in [7, 11) is 0. The molecule has 2 aromatic carbocycles. The number of amides is 2. The van der Waals surface area contributed by atoms with Crippen LogP contribution in [0.1, 0.15) is 21.6 Å². The molecule has 0 unspecified atom stereocenters. The second-order valence-corrected chi connectivity index (χ2v) is 8.26. The van der Waals surface area contributed by atoms with Crippen molar-refractivity contribution < 1.29 is 14.0 Å². The van der Waals surface area contributed by atoms with Gasteiger partial charge in [-0.1, -0.05) is 42.5 Å². The first kappa shape index (κ1) is 21.1. The van der Waals surface area contributed by atoms with Gasteiger partial charge in [-0.05, 0) is 17.7 Å². The molecule has 1 saturated heterocycles. The second-order valence-electron chi connectivity index (χ2n) is 7.40. The largest absolute Gasteiger partial charge is 0.340 e. The number of rotatable bonds is 6. The van der Waals surface area contributed by atoms with E-state index < -0.39 is 11.7 Å². The molecule has 1 aliphatic rings. The van der Waals surface area contributed by atoms with Gasteiger partial charge in [0.2, 0.25) is 5.91 Å². The van der Waals surface area contributed by atoms with Crippen LogP contribution in [0.5, 0.6) is 0 Å². The number of benzene rings is 2. The van der Waals surface area contributed by atoms with Crippen molar-refractivity contribution in [2.45, 2.75) is 13.0 Å². The quantitative estimate of drug-likeness (QED) is 0.641. The molecule has 0 aliphatic carbocycles. The summed E-state index contributed by atoms with van der Waals surface area (Å²) >= 11 is 1.22. The maximum absolute atomic E-state index is 13.7. The Morgan fingerprint density at radius 3 is 2.45 bits per heavy atom. The molecular weight excluding hydrogens is 415 g/mol. The van der Waals surface area contributed by atoms with Gasteiger partial charge >= 0.3 is 0 Å². The molecule has 3 aromatic rings. The standard InChI is InChI=1S/C23H23FN4O2S/c24-20-9-5-4-8-19(20)22(30)26-23-25-18(16-31-23)14-21(29)28-12-10-27(11-13-28)15-17-6-2-1-3-7-17/h1-9,16H,10-15H2,(H,25,26,30). The third-order valence-corrected chi connectivity index (χ3v) is 6.00. The molecule has 0 spiro atoms. The maximum atomic E-state index is 13.7. The Kier molecular flexibility index (Phi) is 6.69. The van der Waals surface area contributed by atoms with E-state index in [1.54, 1.807) is 11.4 Å². The van der Waals surface area contributed by atoms with Gasteiger partial charge in [-0.3, -0.25) is 19.8 Å². The molecule has 0 radical (unpaired) electrons. The van der Waals surface area contributed by atoms with Gasteiger partial charge in [0.05, 0.1) is 17.7 Å². The molecule has 1 aliphatic heterocycles. The summed E-state index contributed by atoms with van der Waals surface area (Å²) < 4.78 is 13.7. The molecule has 0 atom stereocenters. The fraction of sp³-hybridized carbons (Fsp3) is 0.261. The van der Waals surface area contributed by atoms with Crippen LogP contribution < -0.4 is 5.32 Å². The molecule has 1 N–H and O–H groups in total. The topological polar surface area (TPSA) is 65.5 Å². The van der Waals surface area contributed by atoms with Crippen LogP contribution in [0.3, 0.4) is 0 Å². The second kappa shape index (κ2) is 9.80. The number of halogens is 1. The highest BCUT2D eigenvalue weighted by molar-refractivity contribution is 7.14. The molecule has 31 heavy (non-hydrogen) atoms. The SMILES string of the molecule is O=C(Nc1nc(CC(=O)N2CCN(Cc3ccccc3)CC2)cs1)c1ccccc1F. The lowest BCUT2D eigenvalue weighted by Crippen LogP contribution is -2.48. The molecule has 2 heterocycles. The van der Waals surface area contributed by atoms with Crippen molar-refractivity contribution in [3.05, 3.63) is 82.6 Å². The van der Waals surface area contributed by atoms with Crippen molar-refractivity contribution in [1.29, 1.82) is 0 Å². The van der Waals surface area contributed by atoms with Crippen LogP contribution in [0, 0.1) is 5.82 Å².